The van der Waals surface area contributed by atoms with Crippen LogP contribution in [-0.2, 0) is 0 Å². The summed E-state index contributed by atoms with van der Waals surface area (Å²) >= 11 is 0. The Bertz CT molecular complexity index is 1680. The van der Waals surface area contributed by atoms with Crippen molar-refractivity contribution in [3.8, 4) is 28.7 Å². The van der Waals surface area contributed by atoms with Crippen molar-refractivity contribution in [2.45, 2.75) is 6.92 Å². The number of hydrazone groups is 1. The molecule has 0 fully saturated rings. The summed E-state index contributed by atoms with van der Waals surface area (Å²) in [4.78, 5) is 38.0. The lowest BCUT2D eigenvalue weighted by atomic mass is 10.1. The van der Waals surface area contributed by atoms with E-state index in [-0.39, 0.29) is 18.4 Å². The second kappa shape index (κ2) is 13.2. The molecular weight excluding hydrogens is 554 g/mol. The van der Waals surface area contributed by atoms with Gasteiger partial charge >= 0.3 is 5.97 Å². The molecule has 218 valence electrons. The number of benzene rings is 4. The molecule has 1 aliphatic rings. The fourth-order valence-electron chi connectivity index (χ4n) is 4.05. The number of nitrogens with zero attached hydrogens (tertiary/aromatic N) is 1. The fourth-order valence-corrected chi connectivity index (χ4v) is 4.05. The van der Waals surface area contributed by atoms with Crippen molar-refractivity contribution in [1.29, 1.82) is 0 Å². The van der Waals surface area contributed by atoms with Crippen LogP contribution in [0.25, 0.3) is 0 Å². The first-order valence-electron chi connectivity index (χ1n) is 13.2. The van der Waals surface area contributed by atoms with E-state index in [0.29, 0.717) is 57.5 Å². The monoisotopic (exact) mass is 581 g/mol. The van der Waals surface area contributed by atoms with Crippen molar-refractivity contribution >= 4 is 29.7 Å². The van der Waals surface area contributed by atoms with Gasteiger partial charge in [0.15, 0.2) is 23.0 Å². The maximum atomic E-state index is 12.7. The van der Waals surface area contributed by atoms with E-state index in [2.05, 4.69) is 15.8 Å². The Balaban J connectivity index is 1.20. The van der Waals surface area contributed by atoms with Gasteiger partial charge in [-0.25, -0.2) is 10.2 Å². The average molecular weight is 582 g/mol. The van der Waals surface area contributed by atoms with Crippen LogP contribution >= 0.6 is 0 Å². The quantitative estimate of drug-likeness (QED) is 0.115. The van der Waals surface area contributed by atoms with Crippen LogP contribution in [0.2, 0.25) is 0 Å². The number of nitrogens with one attached hydrogen (secondary N) is 2. The third kappa shape index (κ3) is 7.09. The van der Waals surface area contributed by atoms with Crippen molar-refractivity contribution in [3.05, 3.63) is 107 Å². The van der Waals surface area contributed by atoms with E-state index in [1.54, 1.807) is 99.0 Å². The molecular formula is C32H27N3O8. The van der Waals surface area contributed by atoms with Crippen molar-refractivity contribution in [3.63, 3.8) is 0 Å². The second-order valence-electron chi connectivity index (χ2n) is 9.06. The molecule has 2 N–H and O–H groups in total. The van der Waals surface area contributed by atoms with Gasteiger partial charge in [-0.15, -0.1) is 0 Å². The molecule has 11 heteroatoms. The molecule has 2 amide bonds. The van der Waals surface area contributed by atoms with Gasteiger partial charge in [-0.1, -0.05) is 6.07 Å². The summed E-state index contributed by atoms with van der Waals surface area (Å²) in [7, 11) is 1.55. The number of methoxy groups -OCH3 is 1. The zero-order chi connectivity index (χ0) is 30.2. The largest absolute Gasteiger partial charge is 0.497 e. The standard InChI is InChI=1S/C32H27N3O8/c1-3-40-28-15-20(7-13-27(28)43-32(38)23-10-14-26-29(17-23)42-19-41-26)18-33-35-31(37)22-5-4-6-24(16-22)34-30(36)21-8-11-25(39-2)12-9-21/h4-18H,3,19H2,1-2H3,(H,34,36)(H,35,37). The molecule has 1 heterocycles. The molecule has 0 unspecified atom stereocenters. The third-order valence-corrected chi connectivity index (χ3v) is 6.19. The normalized spacial score (nSPS) is 11.6. The van der Waals surface area contributed by atoms with Crippen LogP contribution in [0.4, 0.5) is 5.69 Å². The molecule has 43 heavy (non-hydrogen) atoms. The van der Waals surface area contributed by atoms with E-state index in [9.17, 15) is 14.4 Å². The molecule has 0 aromatic heterocycles. The zero-order valence-electron chi connectivity index (χ0n) is 23.3. The minimum Gasteiger partial charge on any atom is -0.497 e. The molecule has 0 atom stereocenters. The predicted molar refractivity (Wildman–Crippen MR) is 158 cm³/mol. The van der Waals surface area contributed by atoms with E-state index in [0.717, 1.165) is 0 Å². The Kier molecular flexibility index (Phi) is 8.81. The van der Waals surface area contributed by atoms with Gasteiger partial charge in [-0.05, 0) is 91.3 Å². The van der Waals surface area contributed by atoms with E-state index < -0.39 is 11.9 Å². The average Bonchev–Trinajstić information content (AvgIpc) is 3.50. The Morgan fingerprint density at radius 1 is 0.837 bits per heavy atom. The SMILES string of the molecule is CCOc1cc(C=NNC(=O)c2cccc(NC(=O)c3ccc(OC)cc3)c2)ccc1OC(=O)c1ccc2c(c1)OCO2. The lowest BCUT2D eigenvalue weighted by Crippen LogP contribution is -2.18. The van der Waals surface area contributed by atoms with E-state index >= 15 is 0 Å². The molecule has 11 nitrogen and oxygen atoms in total. The van der Waals surface area contributed by atoms with Crippen LogP contribution in [0.3, 0.4) is 0 Å². The number of carbonyl (C=O) groups is 3. The summed E-state index contributed by atoms with van der Waals surface area (Å²) in [5.41, 5.74) is 4.54. The van der Waals surface area contributed by atoms with Crippen molar-refractivity contribution in [1.82, 2.24) is 5.43 Å². The van der Waals surface area contributed by atoms with Crippen LogP contribution in [-0.4, -0.2) is 44.5 Å². The van der Waals surface area contributed by atoms with Gasteiger partial charge in [-0.3, -0.25) is 9.59 Å². The first-order chi connectivity index (χ1) is 20.9. The Morgan fingerprint density at radius 2 is 1.63 bits per heavy atom. The van der Waals surface area contributed by atoms with Crippen LogP contribution in [0.15, 0.2) is 90.0 Å². The number of fused-ring (bicyclic) bond motifs is 1. The third-order valence-electron chi connectivity index (χ3n) is 6.19. The highest BCUT2D eigenvalue weighted by Crippen LogP contribution is 2.34. The maximum absolute atomic E-state index is 12.7. The zero-order valence-corrected chi connectivity index (χ0v) is 23.3. The smallest absolute Gasteiger partial charge is 0.343 e. The fraction of sp³-hybridized carbons (Fsp3) is 0.125. The highest BCUT2D eigenvalue weighted by atomic mass is 16.7. The Hall–Kier alpha value is -5.84. The molecule has 4 aromatic rings. The number of rotatable bonds is 10. The van der Waals surface area contributed by atoms with Crippen LogP contribution in [0.1, 0.15) is 43.6 Å². The highest BCUT2D eigenvalue weighted by molar-refractivity contribution is 6.05. The van der Waals surface area contributed by atoms with Crippen LogP contribution in [0, 0.1) is 0 Å². The maximum Gasteiger partial charge on any atom is 0.343 e. The number of ether oxygens (including phenoxy) is 5. The van der Waals surface area contributed by atoms with Crippen molar-refractivity contribution in [2.24, 2.45) is 5.10 Å². The molecule has 0 saturated heterocycles. The summed E-state index contributed by atoms with van der Waals surface area (Å²) in [5, 5.41) is 6.80. The molecule has 0 aliphatic carbocycles. The van der Waals surface area contributed by atoms with E-state index in [1.807, 2.05) is 0 Å². The van der Waals surface area contributed by atoms with Crippen molar-refractivity contribution in [2.75, 3.05) is 25.8 Å². The summed E-state index contributed by atoms with van der Waals surface area (Å²) in [6.07, 6.45) is 1.43. The molecule has 0 bridgehead atoms. The lowest BCUT2D eigenvalue weighted by molar-refractivity contribution is 0.0727. The lowest BCUT2D eigenvalue weighted by Gasteiger charge is -2.11. The summed E-state index contributed by atoms with van der Waals surface area (Å²) in [6, 6.07) is 22.8. The number of hydrogen-bond donors (Lipinski definition) is 2. The van der Waals surface area contributed by atoms with Crippen LogP contribution in [0.5, 0.6) is 28.7 Å². The molecule has 1 aliphatic heterocycles. The molecule has 5 rings (SSSR count). The van der Waals surface area contributed by atoms with Crippen LogP contribution < -0.4 is 34.4 Å². The number of anilines is 1. The van der Waals surface area contributed by atoms with Gasteiger partial charge in [0.05, 0.1) is 25.5 Å². The second-order valence-corrected chi connectivity index (χ2v) is 9.06. The number of hydrogen-bond acceptors (Lipinski definition) is 9. The van der Waals surface area contributed by atoms with Crippen molar-refractivity contribution < 1.29 is 38.1 Å². The molecule has 0 spiro atoms. The first kappa shape index (κ1) is 28.7. The summed E-state index contributed by atoms with van der Waals surface area (Å²) in [5.74, 6) is 0.831. The van der Waals surface area contributed by atoms with E-state index in [4.69, 9.17) is 23.7 Å². The van der Waals surface area contributed by atoms with Gasteiger partial charge in [0.1, 0.15) is 5.75 Å². The minimum atomic E-state index is -0.588. The summed E-state index contributed by atoms with van der Waals surface area (Å²) in [6.45, 7) is 2.23. The summed E-state index contributed by atoms with van der Waals surface area (Å²) < 4.78 is 26.9. The minimum absolute atomic E-state index is 0.0990. The van der Waals surface area contributed by atoms with Gasteiger partial charge in [-0.2, -0.15) is 5.10 Å². The Morgan fingerprint density at radius 3 is 2.42 bits per heavy atom. The number of amides is 2. The number of esters is 1. The molecule has 4 aromatic carbocycles. The van der Waals surface area contributed by atoms with Gasteiger partial charge in [0.2, 0.25) is 6.79 Å². The van der Waals surface area contributed by atoms with Gasteiger partial charge < -0.3 is 29.0 Å². The number of carbonyl (C=O) groups excluding carboxylic acids is 3. The highest BCUT2D eigenvalue weighted by Gasteiger charge is 2.19. The molecule has 0 radical (unpaired) electrons. The predicted octanol–water partition coefficient (Wildman–Crippen LogP) is 5.06. The van der Waals surface area contributed by atoms with E-state index in [1.165, 1.54) is 6.21 Å². The van der Waals surface area contributed by atoms with Gasteiger partial charge in [0, 0.05) is 16.8 Å². The first-order valence-corrected chi connectivity index (χ1v) is 13.2. The topological polar surface area (TPSA) is 134 Å². The molecule has 0 saturated carbocycles. The Labute approximate surface area is 247 Å². The van der Waals surface area contributed by atoms with Gasteiger partial charge in [0.25, 0.3) is 11.8 Å².